The van der Waals surface area contributed by atoms with Gasteiger partial charge in [0.1, 0.15) is 5.75 Å². The average molecular weight is 410 g/mol. The number of aryl methyl sites for hydroxylation is 2. The van der Waals surface area contributed by atoms with Crippen LogP contribution in [-0.2, 0) is 25.7 Å². The Kier molecular flexibility index (Phi) is 6.72. The predicted octanol–water partition coefficient (Wildman–Crippen LogP) is 2.52. The number of carbonyl (C=O) groups is 3. The third-order valence-electron chi connectivity index (χ3n) is 5.17. The summed E-state index contributed by atoms with van der Waals surface area (Å²) in [6.07, 6.45) is 0.0424. The van der Waals surface area contributed by atoms with E-state index in [2.05, 4.69) is 5.32 Å². The van der Waals surface area contributed by atoms with Crippen LogP contribution in [0.2, 0.25) is 0 Å². The standard InChI is InChI=1S/C23H26N2O5/c1-15-8-9-20(29-3)19(10-15)25-13-18(11-22(25)27)23(28)30-14-21(26)24-12-17-7-5-4-6-16(17)2/h4-10,18H,11-14H2,1-3H3,(H,24,26)/t18-/m0/s1. The zero-order valence-electron chi connectivity index (χ0n) is 17.4. The Bertz CT molecular complexity index is 956. The monoisotopic (exact) mass is 410 g/mol. The van der Waals surface area contributed by atoms with Crippen LogP contribution >= 0.6 is 0 Å². The number of anilines is 1. The van der Waals surface area contributed by atoms with Crippen molar-refractivity contribution in [1.82, 2.24) is 5.32 Å². The number of nitrogens with one attached hydrogen (secondary N) is 1. The number of nitrogens with zero attached hydrogens (tertiary/aromatic N) is 1. The van der Waals surface area contributed by atoms with Gasteiger partial charge >= 0.3 is 5.97 Å². The molecule has 1 heterocycles. The number of ether oxygens (including phenoxy) is 2. The number of benzene rings is 2. The van der Waals surface area contributed by atoms with E-state index in [1.165, 1.54) is 12.0 Å². The summed E-state index contributed by atoms with van der Waals surface area (Å²) in [6, 6.07) is 13.3. The third kappa shape index (κ3) is 4.97. The van der Waals surface area contributed by atoms with E-state index in [1.54, 1.807) is 6.07 Å². The molecule has 1 aliphatic heterocycles. The molecule has 0 bridgehead atoms. The van der Waals surface area contributed by atoms with Gasteiger partial charge in [-0.25, -0.2) is 0 Å². The molecule has 7 nitrogen and oxygen atoms in total. The zero-order chi connectivity index (χ0) is 21.7. The number of esters is 1. The molecule has 0 aromatic heterocycles. The van der Waals surface area contributed by atoms with Gasteiger partial charge in [-0.15, -0.1) is 0 Å². The summed E-state index contributed by atoms with van der Waals surface area (Å²) in [5, 5.41) is 2.74. The molecule has 1 atom stereocenters. The van der Waals surface area contributed by atoms with Crippen molar-refractivity contribution in [2.75, 3.05) is 25.2 Å². The lowest BCUT2D eigenvalue weighted by atomic mass is 10.1. The fourth-order valence-corrected chi connectivity index (χ4v) is 3.42. The Labute approximate surface area is 176 Å². The molecule has 0 radical (unpaired) electrons. The molecule has 2 aromatic rings. The molecule has 1 fully saturated rings. The van der Waals surface area contributed by atoms with E-state index in [-0.39, 0.29) is 31.4 Å². The summed E-state index contributed by atoms with van der Waals surface area (Å²) in [4.78, 5) is 38.5. The van der Waals surface area contributed by atoms with Crippen LogP contribution in [0.4, 0.5) is 5.69 Å². The topological polar surface area (TPSA) is 84.9 Å². The van der Waals surface area contributed by atoms with Crippen LogP contribution < -0.4 is 15.0 Å². The van der Waals surface area contributed by atoms with Gasteiger partial charge in [-0.05, 0) is 42.7 Å². The van der Waals surface area contributed by atoms with Gasteiger partial charge in [-0.1, -0.05) is 30.3 Å². The second-order valence-electron chi connectivity index (χ2n) is 7.39. The molecule has 0 unspecified atom stereocenters. The van der Waals surface area contributed by atoms with Gasteiger partial charge in [0.05, 0.1) is 18.7 Å². The van der Waals surface area contributed by atoms with Crippen molar-refractivity contribution in [3.8, 4) is 5.75 Å². The molecule has 1 N–H and O–H groups in total. The third-order valence-corrected chi connectivity index (χ3v) is 5.17. The normalized spacial score (nSPS) is 15.8. The zero-order valence-corrected chi connectivity index (χ0v) is 17.4. The van der Waals surface area contributed by atoms with Crippen LogP contribution in [0, 0.1) is 19.8 Å². The lowest BCUT2D eigenvalue weighted by Crippen LogP contribution is -2.31. The first-order valence-electron chi connectivity index (χ1n) is 9.82. The summed E-state index contributed by atoms with van der Waals surface area (Å²) < 4.78 is 10.5. The maximum atomic E-state index is 12.5. The minimum Gasteiger partial charge on any atom is -0.495 e. The molecule has 1 saturated heterocycles. The number of rotatable bonds is 7. The first-order valence-corrected chi connectivity index (χ1v) is 9.82. The predicted molar refractivity (Wildman–Crippen MR) is 112 cm³/mol. The molecule has 3 rings (SSSR count). The van der Waals surface area contributed by atoms with Crippen molar-refractivity contribution in [2.24, 2.45) is 5.92 Å². The fraction of sp³-hybridized carbons (Fsp3) is 0.348. The van der Waals surface area contributed by atoms with Gasteiger partial charge in [-0.2, -0.15) is 0 Å². The highest BCUT2D eigenvalue weighted by Gasteiger charge is 2.37. The quantitative estimate of drug-likeness (QED) is 0.709. The van der Waals surface area contributed by atoms with Crippen molar-refractivity contribution in [3.63, 3.8) is 0 Å². The number of hydrogen-bond donors (Lipinski definition) is 1. The molecule has 0 spiro atoms. The van der Waals surface area contributed by atoms with E-state index in [0.717, 1.165) is 16.7 Å². The largest absolute Gasteiger partial charge is 0.495 e. The lowest BCUT2D eigenvalue weighted by molar-refractivity contribution is -0.152. The fourth-order valence-electron chi connectivity index (χ4n) is 3.42. The van der Waals surface area contributed by atoms with Gasteiger partial charge in [-0.3, -0.25) is 14.4 Å². The maximum absolute atomic E-state index is 12.5. The van der Waals surface area contributed by atoms with Crippen LogP contribution in [0.5, 0.6) is 5.75 Å². The Balaban J connectivity index is 1.53. The van der Waals surface area contributed by atoms with Gasteiger partial charge in [0.15, 0.2) is 6.61 Å². The van der Waals surface area contributed by atoms with E-state index < -0.39 is 11.9 Å². The van der Waals surface area contributed by atoms with Gasteiger partial charge in [0.25, 0.3) is 5.91 Å². The first kappa shape index (κ1) is 21.4. The Hall–Kier alpha value is -3.35. The molecule has 7 heteroatoms. The minimum atomic E-state index is -0.619. The second kappa shape index (κ2) is 9.43. The van der Waals surface area contributed by atoms with E-state index in [0.29, 0.717) is 18.0 Å². The minimum absolute atomic E-state index is 0.0424. The SMILES string of the molecule is COc1ccc(C)cc1N1C[C@@H](C(=O)OCC(=O)NCc2ccccc2C)CC1=O. The Morgan fingerprint density at radius 3 is 2.67 bits per heavy atom. The number of amides is 2. The molecule has 0 saturated carbocycles. The highest BCUT2D eigenvalue weighted by molar-refractivity contribution is 6.00. The van der Waals surface area contributed by atoms with Crippen molar-refractivity contribution < 1.29 is 23.9 Å². The second-order valence-corrected chi connectivity index (χ2v) is 7.39. The van der Waals surface area contributed by atoms with Crippen LogP contribution in [0.15, 0.2) is 42.5 Å². The van der Waals surface area contributed by atoms with Crippen LogP contribution in [0.25, 0.3) is 0 Å². The van der Waals surface area contributed by atoms with Crippen molar-refractivity contribution in [1.29, 1.82) is 0 Å². The summed E-state index contributed by atoms with van der Waals surface area (Å²) in [5.74, 6) is -1.16. The maximum Gasteiger partial charge on any atom is 0.311 e. The van der Waals surface area contributed by atoms with Crippen molar-refractivity contribution in [2.45, 2.75) is 26.8 Å². The summed E-state index contributed by atoms with van der Waals surface area (Å²) in [5.41, 5.74) is 3.69. The summed E-state index contributed by atoms with van der Waals surface area (Å²) in [7, 11) is 1.54. The molecular weight excluding hydrogens is 384 g/mol. The number of methoxy groups -OCH3 is 1. The van der Waals surface area contributed by atoms with E-state index >= 15 is 0 Å². The molecule has 2 aromatic carbocycles. The summed E-state index contributed by atoms with van der Waals surface area (Å²) in [6.45, 7) is 4.08. The van der Waals surface area contributed by atoms with Gasteiger partial charge in [0.2, 0.25) is 5.91 Å². The first-order chi connectivity index (χ1) is 14.4. The molecule has 1 aliphatic rings. The van der Waals surface area contributed by atoms with Crippen LogP contribution in [0.3, 0.4) is 0 Å². The average Bonchev–Trinajstić information content (AvgIpc) is 3.13. The lowest BCUT2D eigenvalue weighted by Gasteiger charge is -2.20. The van der Waals surface area contributed by atoms with E-state index in [4.69, 9.17) is 9.47 Å². The Morgan fingerprint density at radius 2 is 1.93 bits per heavy atom. The highest BCUT2D eigenvalue weighted by Crippen LogP contribution is 2.34. The van der Waals surface area contributed by atoms with Crippen LogP contribution in [0.1, 0.15) is 23.1 Å². The van der Waals surface area contributed by atoms with Gasteiger partial charge < -0.3 is 19.7 Å². The van der Waals surface area contributed by atoms with Gasteiger partial charge in [0, 0.05) is 19.5 Å². The van der Waals surface area contributed by atoms with Crippen LogP contribution in [-0.4, -0.2) is 38.0 Å². The van der Waals surface area contributed by atoms with Crippen molar-refractivity contribution >= 4 is 23.5 Å². The molecule has 30 heavy (non-hydrogen) atoms. The van der Waals surface area contributed by atoms with E-state index in [1.807, 2.05) is 50.2 Å². The molecular formula is C23H26N2O5. The van der Waals surface area contributed by atoms with Crippen molar-refractivity contribution in [3.05, 3.63) is 59.2 Å². The molecule has 0 aliphatic carbocycles. The summed E-state index contributed by atoms with van der Waals surface area (Å²) >= 11 is 0. The number of carbonyl (C=O) groups excluding carboxylic acids is 3. The molecule has 158 valence electrons. The highest BCUT2D eigenvalue weighted by atomic mass is 16.5. The smallest absolute Gasteiger partial charge is 0.311 e. The van der Waals surface area contributed by atoms with E-state index in [9.17, 15) is 14.4 Å². The number of hydrogen-bond acceptors (Lipinski definition) is 5. The molecule has 2 amide bonds. The Morgan fingerprint density at radius 1 is 1.17 bits per heavy atom.